The molecule has 0 radical (unpaired) electrons. The van der Waals surface area contributed by atoms with E-state index in [2.05, 4.69) is 6.08 Å². The third-order valence-corrected chi connectivity index (χ3v) is 4.14. The van der Waals surface area contributed by atoms with Crippen molar-refractivity contribution in [3.8, 4) is 0 Å². The average Bonchev–Trinajstić information content (AvgIpc) is 2.40. The molecule has 0 aromatic carbocycles. The summed E-state index contributed by atoms with van der Waals surface area (Å²) < 4.78 is 4.78. The van der Waals surface area contributed by atoms with Crippen LogP contribution in [0.3, 0.4) is 0 Å². The molecule has 0 aromatic heterocycles. The highest BCUT2D eigenvalue weighted by atomic mass is 16.5. The van der Waals surface area contributed by atoms with Crippen molar-refractivity contribution < 1.29 is 9.53 Å². The molecule has 110 valence electrons. The van der Waals surface area contributed by atoms with Gasteiger partial charge in [0, 0.05) is 5.57 Å². The fourth-order valence-electron chi connectivity index (χ4n) is 2.94. The predicted molar refractivity (Wildman–Crippen MR) is 80.1 cm³/mol. The molecule has 0 aromatic rings. The summed E-state index contributed by atoms with van der Waals surface area (Å²) in [4.78, 5) is 11.5. The largest absolute Gasteiger partial charge is 0.466 e. The molecule has 0 bridgehead atoms. The van der Waals surface area contributed by atoms with Crippen molar-refractivity contribution in [1.29, 1.82) is 0 Å². The van der Waals surface area contributed by atoms with E-state index in [-0.39, 0.29) is 5.97 Å². The molecule has 19 heavy (non-hydrogen) atoms. The van der Waals surface area contributed by atoms with Gasteiger partial charge in [-0.25, -0.2) is 4.79 Å². The van der Waals surface area contributed by atoms with Gasteiger partial charge in [-0.05, 0) is 25.7 Å². The van der Waals surface area contributed by atoms with E-state index in [1.165, 1.54) is 77.7 Å². The van der Waals surface area contributed by atoms with Crippen LogP contribution >= 0.6 is 0 Å². The summed E-state index contributed by atoms with van der Waals surface area (Å²) in [6.07, 6.45) is 16.9. The summed E-state index contributed by atoms with van der Waals surface area (Å²) in [7, 11) is 1.46. The van der Waals surface area contributed by atoms with Gasteiger partial charge in [-0.1, -0.05) is 63.9 Å². The first kappa shape index (κ1) is 16.3. The highest BCUT2D eigenvalue weighted by Crippen LogP contribution is 2.23. The lowest BCUT2D eigenvalue weighted by Gasteiger charge is -2.15. The summed E-state index contributed by atoms with van der Waals surface area (Å²) in [6.45, 7) is 1.88. The van der Waals surface area contributed by atoms with Gasteiger partial charge in [-0.2, -0.15) is 0 Å². The van der Waals surface area contributed by atoms with Gasteiger partial charge >= 0.3 is 5.97 Å². The molecule has 0 amide bonds. The molecule has 1 aliphatic rings. The standard InChI is InChI=1S/C17H30O2/c1-15(17(18)19-2)14-16-12-10-8-6-4-3-5-7-9-11-13-16/h14,16H,3-13H2,1-2H3. The maximum Gasteiger partial charge on any atom is 0.333 e. The van der Waals surface area contributed by atoms with Crippen molar-refractivity contribution >= 4 is 5.97 Å². The van der Waals surface area contributed by atoms with Crippen LogP contribution in [0.1, 0.15) is 77.6 Å². The molecule has 1 saturated carbocycles. The van der Waals surface area contributed by atoms with Crippen LogP contribution in [0, 0.1) is 5.92 Å². The zero-order valence-corrected chi connectivity index (χ0v) is 12.7. The Labute approximate surface area is 118 Å². The van der Waals surface area contributed by atoms with Crippen molar-refractivity contribution in [2.24, 2.45) is 5.92 Å². The van der Waals surface area contributed by atoms with E-state index in [1.807, 2.05) is 6.92 Å². The van der Waals surface area contributed by atoms with Gasteiger partial charge in [0.2, 0.25) is 0 Å². The number of carbonyl (C=O) groups is 1. The van der Waals surface area contributed by atoms with Crippen molar-refractivity contribution in [3.05, 3.63) is 11.6 Å². The fraction of sp³-hybridized carbons (Fsp3) is 0.824. The van der Waals surface area contributed by atoms with E-state index in [0.717, 1.165) is 5.57 Å². The molecule has 0 unspecified atom stereocenters. The molecule has 1 rings (SSSR count). The van der Waals surface area contributed by atoms with Crippen LogP contribution in [0.4, 0.5) is 0 Å². The van der Waals surface area contributed by atoms with Crippen LogP contribution in [0.25, 0.3) is 0 Å². The number of allylic oxidation sites excluding steroid dienone is 1. The second-order valence-corrected chi connectivity index (χ2v) is 5.86. The third-order valence-electron chi connectivity index (χ3n) is 4.14. The first-order valence-electron chi connectivity index (χ1n) is 8.01. The van der Waals surface area contributed by atoms with Crippen LogP contribution in [0.2, 0.25) is 0 Å². The number of rotatable bonds is 2. The van der Waals surface area contributed by atoms with Gasteiger partial charge in [0.15, 0.2) is 0 Å². The van der Waals surface area contributed by atoms with Crippen LogP contribution in [0.5, 0.6) is 0 Å². The fourth-order valence-corrected chi connectivity index (χ4v) is 2.94. The van der Waals surface area contributed by atoms with Crippen molar-refractivity contribution in [2.75, 3.05) is 7.11 Å². The quantitative estimate of drug-likeness (QED) is 0.518. The van der Waals surface area contributed by atoms with E-state index in [0.29, 0.717) is 5.92 Å². The Balaban J connectivity index is 2.48. The van der Waals surface area contributed by atoms with Crippen LogP contribution < -0.4 is 0 Å². The molecule has 1 fully saturated rings. The minimum absolute atomic E-state index is 0.175. The maximum atomic E-state index is 11.5. The molecular weight excluding hydrogens is 236 g/mol. The SMILES string of the molecule is COC(=O)C(C)=CC1CCCCCCCCCCC1. The number of esters is 1. The smallest absolute Gasteiger partial charge is 0.333 e. The van der Waals surface area contributed by atoms with Gasteiger partial charge in [-0.3, -0.25) is 0 Å². The highest BCUT2D eigenvalue weighted by molar-refractivity contribution is 5.87. The molecule has 0 N–H and O–H groups in total. The highest BCUT2D eigenvalue weighted by Gasteiger charge is 2.10. The zero-order valence-electron chi connectivity index (χ0n) is 12.7. The number of hydrogen-bond acceptors (Lipinski definition) is 2. The maximum absolute atomic E-state index is 11.5. The lowest BCUT2D eigenvalue weighted by atomic mass is 9.91. The number of hydrogen-bond donors (Lipinski definition) is 0. The van der Waals surface area contributed by atoms with E-state index < -0.39 is 0 Å². The van der Waals surface area contributed by atoms with E-state index >= 15 is 0 Å². The van der Waals surface area contributed by atoms with Crippen LogP contribution in [0.15, 0.2) is 11.6 Å². The summed E-state index contributed by atoms with van der Waals surface area (Å²) >= 11 is 0. The second kappa shape index (κ2) is 10.1. The first-order chi connectivity index (χ1) is 9.24. The van der Waals surface area contributed by atoms with Gasteiger partial charge < -0.3 is 4.74 Å². The van der Waals surface area contributed by atoms with Crippen LogP contribution in [-0.2, 0) is 9.53 Å². The van der Waals surface area contributed by atoms with Gasteiger partial charge in [0.05, 0.1) is 7.11 Å². The Hall–Kier alpha value is -0.790. The van der Waals surface area contributed by atoms with E-state index in [9.17, 15) is 4.79 Å². The lowest BCUT2D eigenvalue weighted by molar-refractivity contribution is -0.136. The van der Waals surface area contributed by atoms with Crippen molar-refractivity contribution in [3.63, 3.8) is 0 Å². The molecule has 0 atom stereocenters. The van der Waals surface area contributed by atoms with Gasteiger partial charge in [0.25, 0.3) is 0 Å². The minimum atomic E-state index is -0.175. The third kappa shape index (κ3) is 7.39. The summed E-state index contributed by atoms with van der Waals surface area (Å²) in [5.41, 5.74) is 0.777. The first-order valence-corrected chi connectivity index (χ1v) is 8.01. The summed E-state index contributed by atoms with van der Waals surface area (Å²) in [5.74, 6) is 0.393. The molecule has 1 aliphatic carbocycles. The number of ether oxygens (including phenoxy) is 1. The number of carbonyl (C=O) groups excluding carboxylic acids is 1. The summed E-state index contributed by atoms with van der Waals surface area (Å²) in [6, 6.07) is 0. The number of methoxy groups -OCH3 is 1. The van der Waals surface area contributed by atoms with Crippen molar-refractivity contribution in [2.45, 2.75) is 77.6 Å². The normalized spacial score (nSPS) is 21.3. The zero-order chi connectivity index (χ0) is 13.9. The molecule has 0 spiro atoms. The molecular formula is C17H30O2. The Kier molecular flexibility index (Phi) is 8.61. The molecule has 0 aliphatic heterocycles. The minimum Gasteiger partial charge on any atom is -0.466 e. The monoisotopic (exact) mass is 266 g/mol. The topological polar surface area (TPSA) is 26.3 Å². The van der Waals surface area contributed by atoms with Gasteiger partial charge in [0.1, 0.15) is 0 Å². The molecule has 2 heteroatoms. The Bertz CT molecular complexity index is 269. The Morgan fingerprint density at radius 3 is 1.74 bits per heavy atom. The molecule has 2 nitrogen and oxygen atoms in total. The van der Waals surface area contributed by atoms with E-state index in [1.54, 1.807) is 0 Å². The van der Waals surface area contributed by atoms with Crippen LogP contribution in [-0.4, -0.2) is 13.1 Å². The molecule has 0 heterocycles. The average molecular weight is 266 g/mol. The Morgan fingerprint density at radius 2 is 1.32 bits per heavy atom. The molecule has 0 saturated heterocycles. The van der Waals surface area contributed by atoms with Crippen molar-refractivity contribution in [1.82, 2.24) is 0 Å². The summed E-state index contributed by atoms with van der Waals surface area (Å²) in [5, 5.41) is 0. The Morgan fingerprint density at radius 1 is 0.895 bits per heavy atom. The predicted octanol–water partition coefficient (Wildman–Crippen LogP) is 5.03. The van der Waals surface area contributed by atoms with Gasteiger partial charge in [-0.15, -0.1) is 0 Å². The second-order valence-electron chi connectivity index (χ2n) is 5.86. The lowest BCUT2D eigenvalue weighted by Crippen LogP contribution is -2.06. The van der Waals surface area contributed by atoms with E-state index in [4.69, 9.17) is 4.74 Å².